The molecule has 0 saturated carbocycles. The molecule has 4 atom stereocenters. The van der Waals surface area contributed by atoms with Gasteiger partial charge in [-0.25, -0.2) is 0 Å². The van der Waals surface area contributed by atoms with E-state index in [2.05, 4.69) is 60.0 Å². The lowest BCUT2D eigenvalue weighted by atomic mass is 9.70. The second-order valence-corrected chi connectivity index (χ2v) is 10.3. The summed E-state index contributed by atoms with van der Waals surface area (Å²) < 4.78 is 0. The Kier molecular flexibility index (Phi) is 7.63. The predicted molar refractivity (Wildman–Crippen MR) is 130 cm³/mol. The van der Waals surface area contributed by atoms with Gasteiger partial charge in [0.15, 0.2) is 0 Å². The molecule has 1 aromatic carbocycles. The van der Waals surface area contributed by atoms with Gasteiger partial charge >= 0.3 is 0 Å². The van der Waals surface area contributed by atoms with Crippen LogP contribution in [0.4, 0.5) is 0 Å². The molecule has 6 heteroatoms. The number of para-hydroxylation sites is 1. The van der Waals surface area contributed by atoms with Crippen molar-refractivity contribution in [3.05, 3.63) is 42.1 Å². The Morgan fingerprint density at radius 2 is 1.91 bits per heavy atom. The summed E-state index contributed by atoms with van der Waals surface area (Å²) in [6, 6.07) is 13.7. The van der Waals surface area contributed by atoms with Crippen LogP contribution in [-0.4, -0.2) is 57.4 Å². The van der Waals surface area contributed by atoms with Gasteiger partial charge < -0.3 is 10.0 Å². The first-order chi connectivity index (χ1) is 16.0. The maximum absolute atomic E-state index is 12.9. The highest BCUT2D eigenvalue weighted by molar-refractivity contribution is 5.78. The quantitative estimate of drug-likeness (QED) is 0.674. The molecular weight excluding hydrogens is 414 g/mol. The Hall–Kier alpha value is -2.47. The highest BCUT2D eigenvalue weighted by Gasteiger charge is 2.48. The van der Waals surface area contributed by atoms with Gasteiger partial charge in [-0.3, -0.25) is 19.5 Å². The van der Waals surface area contributed by atoms with Crippen molar-refractivity contribution < 1.29 is 14.7 Å². The summed E-state index contributed by atoms with van der Waals surface area (Å²) >= 11 is 0. The van der Waals surface area contributed by atoms with Crippen molar-refractivity contribution in [2.24, 2.45) is 17.8 Å². The van der Waals surface area contributed by atoms with Crippen molar-refractivity contribution in [2.45, 2.75) is 71.0 Å². The fourth-order valence-corrected chi connectivity index (χ4v) is 6.30. The molecule has 3 aliphatic heterocycles. The number of aromatic nitrogens is 1. The van der Waals surface area contributed by atoms with E-state index in [1.54, 1.807) is 0 Å². The van der Waals surface area contributed by atoms with E-state index in [1.165, 1.54) is 36.8 Å². The number of carbonyl (C=O) groups excluding carboxylic acids is 1. The summed E-state index contributed by atoms with van der Waals surface area (Å²) in [7, 11) is 0. The molecule has 5 rings (SSSR count). The molecule has 3 aliphatic rings. The van der Waals surface area contributed by atoms with Crippen LogP contribution in [0.15, 0.2) is 36.4 Å². The number of fused-ring (bicyclic) bond motifs is 5. The van der Waals surface area contributed by atoms with E-state index in [0.29, 0.717) is 35.7 Å². The topological polar surface area (TPSA) is 73.7 Å². The van der Waals surface area contributed by atoms with Crippen LogP contribution < -0.4 is 0 Å². The van der Waals surface area contributed by atoms with Crippen molar-refractivity contribution in [3.8, 4) is 0 Å². The fraction of sp³-hybridized carbons (Fsp3) is 0.593. The van der Waals surface area contributed by atoms with Gasteiger partial charge in [-0.05, 0) is 62.0 Å². The SMILES string of the molecule is CC(C)CC[C@H]1[C@H]2C[C@H](CN(Cc3ccc4ccccc4n3)C2)[C@@H]2CCCC(=O)N21.O=CO. The molecule has 3 saturated heterocycles. The number of nitrogens with zero attached hydrogens (tertiary/aromatic N) is 3. The molecule has 3 fully saturated rings. The summed E-state index contributed by atoms with van der Waals surface area (Å²) in [4.78, 5) is 31.2. The van der Waals surface area contributed by atoms with Crippen LogP contribution in [0.2, 0.25) is 0 Å². The Morgan fingerprint density at radius 3 is 2.70 bits per heavy atom. The average Bonchev–Trinajstić information content (AvgIpc) is 2.80. The summed E-state index contributed by atoms with van der Waals surface area (Å²) in [6.45, 7) is 7.50. The molecular formula is C27H37N3O3. The average molecular weight is 452 g/mol. The zero-order valence-electron chi connectivity index (χ0n) is 19.9. The zero-order chi connectivity index (χ0) is 23.4. The Labute approximate surface area is 197 Å². The lowest BCUT2D eigenvalue weighted by Gasteiger charge is -2.57. The van der Waals surface area contributed by atoms with Crippen molar-refractivity contribution in [1.29, 1.82) is 0 Å². The number of hydrogen-bond acceptors (Lipinski definition) is 4. The lowest BCUT2D eigenvalue weighted by Crippen LogP contribution is -2.64. The fourth-order valence-electron chi connectivity index (χ4n) is 6.30. The Bertz CT molecular complexity index is 963. The number of likely N-dealkylation sites (tertiary alicyclic amines) is 1. The zero-order valence-corrected chi connectivity index (χ0v) is 19.9. The van der Waals surface area contributed by atoms with Gasteiger partial charge in [0.05, 0.1) is 11.2 Å². The van der Waals surface area contributed by atoms with Crippen LogP contribution in [0, 0.1) is 17.8 Å². The third kappa shape index (κ3) is 5.37. The molecule has 0 radical (unpaired) electrons. The molecule has 1 amide bonds. The van der Waals surface area contributed by atoms with Crippen LogP contribution in [0.3, 0.4) is 0 Å². The number of carboxylic acid groups (broad SMARTS) is 1. The second kappa shape index (κ2) is 10.6. The van der Waals surface area contributed by atoms with Gasteiger partial charge in [0.1, 0.15) is 0 Å². The minimum absolute atomic E-state index is 0.250. The number of carbonyl (C=O) groups is 2. The third-order valence-electron chi connectivity index (χ3n) is 7.65. The number of hydrogen-bond donors (Lipinski definition) is 1. The molecule has 4 heterocycles. The highest BCUT2D eigenvalue weighted by Crippen LogP contribution is 2.43. The van der Waals surface area contributed by atoms with E-state index < -0.39 is 0 Å². The first-order valence-electron chi connectivity index (χ1n) is 12.5. The van der Waals surface area contributed by atoms with Crippen LogP contribution in [-0.2, 0) is 16.1 Å². The van der Waals surface area contributed by atoms with E-state index in [-0.39, 0.29) is 6.47 Å². The van der Waals surface area contributed by atoms with E-state index in [4.69, 9.17) is 14.9 Å². The van der Waals surface area contributed by atoms with E-state index in [0.717, 1.165) is 38.0 Å². The summed E-state index contributed by atoms with van der Waals surface area (Å²) in [5.41, 5.74) is 2.26. The molecule has 1 N–H and O–H groups in total. The third-order valence-corrected chi connectivity index (χ3v) is 7.65. The highest BCUT2D eigenvalue weighted by atomic mass is 16.3. The van der Waals surface area contributed by atoms with E-state index in [1.807, 2.05) is 0 Å². The van der Waals surface area contributed by atoms with Crippen molar-refractivity contribution in [3.63, 3.8) is 0 Å². The number of amides is 1. The normalized spacial score (nSPS) is 27.1. The van der Waals surface area contributed by atoms with Gasteiger partial charge in [-0.2, -0.15) is 0 Å². The van der Waals surface area contributed by atoms with Gasteiger partial charge in [0.25, 0.3) is 6.47 Å². The number of piperidine rings is 3. The van der Waals surface area contributed by atoms with E-state index in [9.17, 15) is 4.79 Å². The van der Waals surface area contributed by atoms with Gasteiger partial charge in [0, 0.05) is 43.5 Å². The van der Waals surface area contributed by atoms with Crippen LogP contribution in [0.25, 0.3) is 10.9 Å². The molecule has 33 heavy (non-hydrogen) atoms. The Morgan fingerprint density at radius 1 is 1.15 bits per heavy atom. The summed E-state index contributed by atoms with van der Waals surface area (Å²) in [6.07, 6.45) is 6.72. The van der Waals surface area contributed by atoms with Crippen molar-refractivity contribution >= 4 is 23.3 Å². The van der Waals surface area contributed by atoms with Crippen LogP contribution >= 0.6 is 0 Å². The molecule has 0 aliphatic carbocycles. The van der Waals surface area contributed by atoms with Crippen molar-refractivity contribution in [2.75, 3.05) is 13.1 Å². The van der Waals surface area contributed by atoms with Crippen LogP contribution in [0.1, 0.15) is 58.1 Å². The maximum atomic E-state index is 12.9. The molecule has 0 spiro atoms. The Balaban J connectivity index is 0.000000821. The molecule has 178 valence electrons. The minimum Gasteiger partial charge on any atom is -0.483 e. The lowest BCUT2D eigenvalue weighted by molar-refractivity contribution is -0.153. The first kappa shape index (κ1) is 23.7. The first-order valence-corrected chi connectivity index (χ1v) is 12.5. The second-order valence-electron chi connectivity index (χ2n) is 10.3. The predicted octanol–water partition coefficient (Wildman–Crippen LogP) is 4.57. The maximum Gasteiger partial charge on any atom is 0.290 e. The summed E-state index contributed by atoms with van der Waals surface area (Å²) in [5.74, 6) is 2.37. The molecule has 6 nitrogen and oxygen atoms in total. The number of benzene rings is 1. The van der Waals surface area contributed by atoms with Gasteiger partial charge in [-0.1, -0.05) is 38.1 Å². The number of rotatable bonds is 5. The minimum atomic E-state index is -0.250. The molecule has 0 unspecified atom stereocenters. The molecule has 2 aromatic rings. The monoisotopic (exact) mass is 451 g/mol. The van der Waals surface area contributed by atoms with Crippen LogP contribution in [0.5, 0.6) is 0 Å². The van der Waals surface area contributed by atoms with E-state index >= 15 is 0 Å². The number of pyridine rings is 1. The van der Waals surface area contributed by atoms with Gasteiger partial charge in [0.2, 0.25) is 5.91 Å². The molecule has 2 bridgehead atoms. The smallest absolute Gasteiger partial charge is 0.290 e. The summed E-state index contributed by atoms with van der Waals surface area (Å²) in [5, 5.41) is 8.10. The standard InChI is InChI=1S/C26H35N3O.CH2O2/c1-18(2)10-13-25-21-14-20(24-8-5-9-26(30)29(24)25)15-28(16-21)17-22-12-11-19-6-3-4-7-23(19)27-22;2-1-3/h3-4,6-7,11-12,18,20-21,24-25H,5,8-10,13-17H2,1-2H3;1H,(H,2,3)/t20-,21+,24+,25+;/m1./s1. The largest absolute Gasteiger partial charge is 0.483 e. The molecule has 1 aromatic heterocycles. The van der Waals surface area contributed by atoms with Gasteiger partial charge in [-0.15, -0.1) is 0 Å². The van der Waals surface area contributed by atoms with Crippen molar-refractivity contribution in [1.82, 2.24) is 14.8 Å².